The van der Waals surface area contributed by atoms with Crippen molar-refractivity contribution in [2.24, 2.45) is 45.3 Å². The lowest BCUT2D eigenvalue weighted by atomic mass is 9.35. The zero-order chi connectivity index (χ0) is 49.3. The topological polar surface area (TPSA) is 307 Å². The molecule has 67 heavy (non-hydrogen) atoms. The predicted octanol–water partition coefficient (Wildman–Crippen LogP) is -0.692. The molecule has 19 heteroatoms. The van der Waals surface area contributed by atoms with Gasteiger partial charge in [-0.15, -0.1) is 0 Å². The summed E-state index contributed by atoms with van der Waals surface area (Å²) < 4.78 is 43.6. The van der Waals surface area contributed by atoms with E-state index in [1.165, 1.54) is 6.92 Å². The molecule has 4 aliphatic carbocycles. The van der Waals surface area contributed by atoms with Gasteiger partial charge in [0.05, 0.1) is 43.0 Å². The third-order valence-electron chi connectivity index (χ3n) is 19.3. The van der Waals surface area contributed by atoms with Crippen molar-refractivity contribution in [2.75, 3.05) is 13.2 Å². The van der Waals surface area contributed by atoms with E-state index in [1.54, 1.807) is 6.92 Å². The van der Waals surface area contributed by atoms with E-state index < -0.39 is 157 Å². The van der Waals surface area contributed by atoms with Crippen molar-refractivity contribution in [1.29, 1.82) is 0 Å². The molecule has 0 aromatic heterocycles. The lowest BCUT2D eigenvalue weighted by Crippen LogP contribution is -2.68. The lowest BCUT2D eigenvalue weighted by Gasteiger charge is -2.70. The summed E-state index contributed by atoms with van der Waals surface area (Å²) in [6.07, 6.45) is -20.1. The van der Waals surface area contributed by atoms with Crippen LogP contribution in [0.25, 0.3) is 0 Å². The molecule has 8 fully saturated rings. The minimum absolute atomic E-state index is 0.0373. The molecule has 19 nitrogen and oxygen atoms in total. The molecule has 0 aromatic rings. The average Bonchev–Trinajstić information content (AvgIpc) is 3.59. The number of ether oxygens (including phenoxy) is 7. The highest BCUT2D eigenvalue weighted by Gasteiger charge is 2.81. The van der Waals surface area contributed by atoms with Crippen LogP contribution < -0.4 is 0 Å². The number of hydrogen-bond acceptors (Lipinski definition) is 19. The highest BCUT2D eigenvalue weighted by atomic mass is 16.8. The van der Waals surface area contributed by atoms with E-state index in [2.05, 4.69) is 34.6 Å². The van der Waals surface area contributed by atoms with Gasteiger partial charge in [0, 0.05) is 5.41 Å². The first-order valence-electron chi connectivity index (χ1n) is 24.5. The van der Waals surface area contributed by atoms with E-state index >= 15 is 0 Å². The van der Waals surface area contributed by atoms with Crippen molar-refractivity contribution >= 4 is 0 Å². The smallest absolute Gasteiger partial charge is 0.198 e. The van der Waals surface area contributed by atoms with E-state index in [0.29, 0.717) is 32.1 Å². The molecule has 4 aliphatic heterocycles. The Morgan fingerprint density at radius 2 is 1.21 bits per heavy atom. The van der Waals surface area contributed by atoms with E-state index in [9.17, 15) is 61.3 Å². The van der Waals surface area contributed by atoms with Crippen LogP contribution in [-0.2, 0) is 33.2 Å². The Labute approximate surface area is 392 Å². The molecule has 0 aromatic carbocycles. The summed E-state index contributed by atoms with van der Waals surface area (Å²) in [7, 11) is 0. The summed E-state index contributed by atoms with van der Waals surface area (Å²) in [5.74, 6) is -2.72. The van der Waals surface area contributed by atoms with Gasteiger partial charge in [-0.25, -0.2) is 0 Å². The summed E-state index contributed by atoms with van der Waals surface area (Å²) in [6, 6.07) is 0. The molecule has 8 aliphatic rings. The highest BCUT2D eigenvalue weighted by molar-refractivity contribution is 5.27. The van der Waals surface area contributed by atoms with Crippen LogP contribution in [0.15, 0.2) is 11.6 Å². The second-order valence-corrected chi connectivity index (χ2v) is 23.3. The molecule has 27 atom stereocenters. The molecule has 27 unspecified atom stereocenters. The van der Waals surface area contributed by atoms with Crippen LogP contribution in [0.2, 0.25) is 0 Å². The van der Waals surface area contributed by atoms with Crippen LogP contribution in [0.4, 0.5) is 0 Å². The van der Waals surface area contributed by atoms with Gasteiger partial charge in [-0.1, -0.05) is 46.3 Å². The second kappa shape index (κ2) is 18.2. The van der Waals surface area contributed by atoms with Gasteiger partial charge in [0.25, 0.3) is 0 Å². The second-order valence-electron chi connectivity index (χ2n) is 23.3. The van der Waals surface area contributed by atoms with Gasteiger partial charge in [0.2, 0.25) is 0 Å². The predicted molar refractivity (Wildman–Crippen MR) is 233 cm³/mol. The van der Waals surface area contributed by atoms with Crippen LogP contribution in [0.1, 0.15) is 107 Å². The Morgan fingerprint density at radius 3 is 1.84 bits per heavy atom. The minimum Gasteiger partial charge on any atom is -0.394 e. The molecular weight excluding hydrogens is 881 g/mol. The number of aliphatic hydroxyl groups is 12. The van der Waals surface area contributed by atoms with Crippen LogP contribution in [0.3, 0.4) is 0 Å². The fourth-order valence-corrected chi connectivity index (χ4v) is 15.4. The van der Waals surface area contributed by atoms with Gasteiger partial charge >= 0.3 is 0 Å². The number of hydrogen-bond donors (Lipinski definition) is 12. The Bertz CT molecular complexity index is 1800. The van der Waals surface area contributed by atoms with Gasteiger partial charge in [-0.3, -0.25) is 0 Å². The summed E-state index contributed by atoms with van der Waals surface area (Å²) in [5.41, 5.74) is -2.50. The Kier molecular flexibility index (Phi) is 14.2. The molecule has 0 radical (unpaired) electrons. The largest absolute Gasteiger partial charge is 0.394 e. The SMILES string of the molecule is CC(C)=CCC1OC2(O)C(C3CCC4C5(C)CCC(OC6OC(CO)C(O)C(OC7OC(CO)C(O)C(O)C7O)C6OC6OC(C)C(O)C(O)C6O)C(C)(C)C5CCC4(C)C3(C)C2O)C1(C)O. The van der Waals surface area contributed by atoms with Crippen molar-refractivity contribution in [3.05, 3.63) is 11.6 Å². The zero-order valence-electron chi connectivity index (χ0n) is 40.4. The number of fused-ring (bicyclic) bond motifs is 7. The van der Waals surface area contributed by atoms with Crippen molar-refractivity contribution in [3.63, 3.8) is 0 Å². The van der Waals surface area contributed by atoms with Crippen LogP contribution in [0.5, 0.6) is 0 Å². The molecule has 12 N–H and O–H groups in total. The molecule has 0 amide bonds. The van der Waals surface area contributed by atoms with Gasteiger partial charge in [0.1, 0.15) is 73.2 Å². The van der Waals surface area contributed by atoms with Crippen molar-refractivity contribution < 1.29 is 94.4 Å². The molecule has 386 valence electrons. The van der Waals surface area contributed by atoms with Gasteiger partial charge in [0.15, 0.2) is 24.7 Å². The molecular formula is C48H80O19. The first-order chi connectivity index (χ1) is 31.2. The monoisotopic (exact) mass is 961 g/mol. The molecule has 4 saturated carbocycles. The fraction of sp³-hybridized carbons (Fsp3) is 0.958. The van der Waals surface area contributed by atoms with Crippen LogP contribution in [0, 0.1) is 45.3 Å². The standard InChI is InChI=1S/C48H80O19/c1-20(2)10-13-28-47(9,59)38-22-11-12-26-44(6)16-15-27(43(4,5)25(44)14-17-45(26,7)46(22,8)42(58)48(38,60)67-28)64-41-37(66-39-34(56)32(54)29(51)21(3)61-39)36(31(53)24(19-50)63-41)65-40-35(57)33(55)30(52)23(18-49)62-40/h10,21-42,49-60H,11-19H2,1-9H3. The fourth-order valence-electron chi connectivity index (χ4n) is 15.4. The number of allylic oxidation sites excluding steroid dienone is 1. The van der Waals surface area contributed by atoms with Gasteiger partial charge in [-0.05, 0) is 107 Å². The molecule has 8 rings (SSSR count). The maximum Gasteiger partial charge on any atom is 0.198 e. The third kappa shape index (κ3) is 7.87. The van der Waals surface area contributed by atoms with Gasteiger partial charge < -0.3 is 94.4 Å². The Morgan fingerprint density at radius 1 is 0.627 bits per heavy atom. The van der Waals surface area contributed by atoms with Crippen molar-refractivity contribution in [2.45, 2.75) is 229 Å². The Hall–Kier alpha value is -1.02. The van der Waals surface area contributed by atoms with E-state index in [4.69, 9.17) is 33.2 Å². The van der Waals surface area contributed by atoms with E-state index in [1.807, 2.05) is 19.9 Å². The maximum atomic E-state index is 12.5. The number of rotatable bonds is 10. The summed E-state index contributed by atoms with van der Waals surface area (Å²) in [6.45, 7) is 16.5. The summed E-state index contributed by atoms with van der Waals surface area (Å²) in [5, 5.41) is 134. The molecule has 4 saturated heterocycles. The first kappa shape index (κ1) is 52.3. The Balaban J connectivity index is 1.08. The molecule has 4 heterocycles. The zero-order valence-corrected chi connectivity index (χ0v) is 40.4. The van der Waals surface area contributed by atoms with Crippen LogP contribution >= 0.6 is 0 Å². The van der Waals surface area contributed by atoms with Crippen LogP contribution in [-0.4, -0.2) is 196 Å². The average molecular weight is 961 g/mol. The van der Waals surface area contributed by atoms with Gasteiger partial charge in [-0.2, -0.15) is 0 Å². The maximum absolute atomic E-state index is 12.5. The highest BCUT2D eigenvalue weighted by Crippen LogP contribution is 2.78. The summed E-state index contributed by atoms with van der Waals surface area (Å²) in [4.78, 5) is 0. The molecule has 0 bridgehead atoms. The quantitative estimate of drug-likeness (QED) is 0.0953. The van der Waals surface area contributed by atoms with E-state index in [0.717, 1.165) is 18.4 Å². The van der Waals surface area contributed by atoms with Crippen molar-refractivity contribution in [3.8, 4) is 0 Å². The van der Waals surface area contributed by atoms with Crippen molar-refractivity contribution in [1.82, 2.24) is 0 Å². The molecule has 0 spiro atoms. The first-order valence-corrected chi connectivity index (χ1v) is 24.5. The number of aliphatic hydroxyl groups excluding tert-OH is 10. The minimum atomic E-state index is -1.93. The lowest BCUT2D eigenvalue weighted by molar-refractivity contribution is -0.398. The van der Waals surface area contributed by atoms with E-state index in [-0.39, 0.29) is 23.2 Å². The normalized spacial score (nSPS) is 57.2. The summed E-state index contributed by atoms with van der Waals surface area (Å²) >= 11 is 0. The third-order valence-corrected chi connectivity index (χ3v) is 19.3.